The lowest BCUT2D eigenvalue weighted by Crippen LogP contribution is -2.11. The fraction of sp³-hybridized carbons (Fsp3) is 0.250. The Balaban J connectivity index is 1.79. The third kappa shape index (κ3) is 3.91. The van der Waals surface area contributed by atoms with Crippen molar-refractivity contribution in [3.63, 3.8) is 0 Å². The van der Waals surface area contributed by atoms with Crippen molar-refractivity contribution >= 4 is 5.78 Å². The topological polar surface area (TPSA) is 77.0 Å². The molecule has 0 saturated heterocycles. The van der Waals surface area contributed by atoms with Crippen LogP contribution >= 0.6 is 0 Å². The third-order valence-electron chi connectivity index (χ3n) is 4.05. The Kier molecular flexibility index (Phi) is 5.02. The van der Waals surface area contributed by atoms with E-state index in [1.807, 2.05) is 37.6 Å². The Morgan fingerprint density at radius 2 is 1.85 bits per heavy atom. The second kappa shape index (κ2) is 7.39. The first-order valence-corrected chi connectivity index (χ1v) is 8.44. The van der Waals surface area contributed by atoms with Gasteiger partial charge in [-0.15, -0.1) is 0 Å². The number of H-pyrrole nitrogens is 1. The SMILES string of the molecule is CC(C)Oc1ccc(C(=O)c2ccc(Cc3ccc(=O)[nH]n3)n2C)cc1. The zero-order valence-corrected chi connectivity index (χ0v) is 15.0. The van der Waals surface area contributed by atoms with Crippen LogP contribution in [0.2, 0.25) is 0 Å². The molecule has 0 saturated carbocycles. The Bertz CT molecular complexity index is 948. The second-order valence-corrected chi connectivity index (χ2v) is 6.38. The highest BCUT2D eigenvalue weighted by Gasteiger charge is 2.15. The van der Waals surface area contributed by atoms with E-state index in [0.717, 1.165) is 17.1 Å². The van der Waals surface area contributed by atoms with E-state index in [1.54, 1.807) is 30.3 Å². The Morgan fingerprint density at radius 1 is 1.12 bits per heavy atom. The van der Waals surface area contributed by atoms with Gasteiger partial charge in [0, 0.05) is 30.8 Å². The molecule has 0 aliphatic carbocycles. The number of ether oxygens (including phenoxy) is 1. The van der Waals surface area contributed by atoms with Gasteiger partial charge in [-0.3, -0.25) is 9.59 Å². The summed E-state index contributed by atoms with van der Waals surface area (Å²) in [4.78, 5) is 23.9. The van der Waals surface area contributed by atoms with E-state index in [9.17, 15) is 9.59 Å². The van der Waals surface area contributed by atoms with Gasteiger partial charge in [-0.1, -0.05) is 0 Å². The highest BCUT2D eigenvalue weighted by atomic mass is 16.5. The summed E-state index contributed by atoms with van der Waals surface area (Å²) in [5.74, 6) is 0.692. The van der Waals surface area contributed by atoms with Crippen molar-refractivity contribution in [1.82, 2.24) is 14.8 Å². The number of hydrogen-bond acceptors (Lipinski definition) is 4. The van der Waals surface area contributed by atoms with E-state index in [0.29, 0.717) is 17.7 Å². The summed E-state index contributed by atoms with van der Waals surface area (Å²) >= 11 is 0. The monoisotopic (exact) mass is 351 g/mol. The summed E-state index contributed by atoms with van der Waals surface area (Å²) in [5, 5.41) is 6.43. The molecule has 6 nitrogen and oxygen atoms in total. The number of hydrogen-bond donors (Lipinski definition) is 1. The van der Waals surface area contributed by atoms with Gasteiger partial charge in [-0.2, -0.15) is 5.10 Å². The number of carbonyl (C=O) groups is 1. The van der Waals surface area contributed by atoms with Crippen LogP contribution in [0.5, 0.6) is 5.75 Å². The summed E-state index contributed by atoms with van der Waals surface area (Å²) in [5.41, 5.74) is 2.65. The lowest BCUT2D eigenvalue weighted by molar-refractivity contribution is 0.103. The van der Waals surface area contributed by atoms with E-state index in [-0.39, 0.29) is 17.4 Å². The van der Waals surface area contributed by atoms with E-state index < -0.39 is 0 Å². The molecular formula is C20H21N3O3. The summed E-state index contributed by atoms with van der Waals surface area (Å²) in [6.07, 6.45) is 0.621. The van der Waals surface area contributed by atoms with Gasteiger partial charge in [-0.25, -0.2) is 5.10 Å². The van der Waals surface area contributed by atoms with Crippen LogP contribution in [-0.4, -0.2) is 26.7 Å². The molecular weight excluding hydrogens is 330 g/mol. The van der Waals surface area contributed by atoms with Crippen molar-refractivity contribution < 1.29 is 9.53 Å². The van der Waals surface area contributed by atoms with Gasteiger partial charge >= 0.3 is 0 Å². The largest absolute Gasteiger partial charge is 0.491 e. The number of nitrogens with zero attached hydrogens (tertiary/aromatic N) is 2. The van der Waals surface area contributed by atoms with Crippen molar-refractivity contribution in [3.05, 3.63) is 81.5 Å². The van der Waals surface area contributed by atoms with Crippen LogP contribution in [0.15, 0.2) is 53.3 Å². The third-order valence-corrected chi connectivity index (χ3v) is 4.05. The first-order valence-electron chi connectivity index (χ1n) is 8.44. The normalized spacial score (nSPS) is 10.9. The fourth-order valence-electron chi connectivity index (χ4n) is 2.72. The van der Waals surface area contributed by atoms with Gasteiger partial charge < -0.3 is 9.30 Å². The average Bonchev–Trinajstić information content (AvgIpc) is 2.97. The molecule has 0 unspecified atom stereocenters. The molecule has 3 rings (SSSR count). The van der Waals surface area contributed by atoms with Crippen molar-refractivity contribution in [2.24, 2.45) is 7.05 Å². The van der Waals surface area contributed by atoms with Crippen molar-refractivity contribution in [2.75, 3.05) is 0 Å². The van der Waals surface area contributed by atoms with Crippen LogP contribution in [0.1, 0.15) is 41.3 Å². The highest BCUT2D eigenvalue weighted by molar-refractivity contribution is 6.08. The molecule has 2 aromatic heterocycles. The maximum absolute atomic E-state index is 12.8. The standard InChI is InChI=1S/C20H21N3O3/c1-13(2)26-17-8-4-14(5-9-17)20(25)18-10-7-16(23(18)3)12-15-6-11-19(24)22-21-15/h4-11,13H,12H2,1-3H3,(H,22,24). The molecule has 1 N–H and O–H groups in total. The lowest BCUT2D eigenvalue weighted by Gasteiger charge is -2.10. The minimum atomic E-state index is -0.235. The van der Waals surface area contributed by atoms with Crippen molar-refractivity contribution in [1.29, 1.82) is 0 Å². The molecule has 0 atom stereocenters. The van der Waals surface area contributed by atoms with Gasteiger partial charge in [0.15, 0.2) is 0 Å². The maximum Gasteiger partial charge on any atom is 0.264 e. The van der Waals surface area contributed by atoms with Crippen LogP contribution < -0.4 is 10.3 Å². The Hall–Kier alpha value is -3.15. The highest BCUT2D eigenvalue weighted by Crippen LogP contribution is 2.18. The van der Waals surface area contributed by atoms with Crippen LogP contribution in [0.4, 0.5) is 0 Å². The predicted octanol–water partition coefficient (Wildman–Crippen LogP) is 2.72. The molecule has 0 aliphatic heterocycles. The predicted molar refractivity (Wildman–Crippen MR) is 98.7 cm³/mol. The number of aromatic nitrogens is 3. The molecule has 0 bridgehead atoms. The molecule has 0 aliphatic rings. The Morgan fingerprint density at radius 3 is 2.46 bits per heavy atom. The minimum absolute atomic E-state index is 0.0516. The van der Waals surface area contributed by atoms with E-state index >= 15 is 0 Å². The summed E-state index contributed by atoms with van der Waals surface area (Å²) in [7, 11) is 1.85. The smallest absolute Gasteiger partial charge is 0.264 e. The molecule has 3 aromatic rings. The second-order valence-electron chi connectivity index (χ2n) is 6.38. The Labute approximate surface area is 151 Å². The van der Waals surface area contributed by atoms with E-state index in [1.165, 1.54) is 6.07 Å². The molecule has 134 valence electrons. The molecule has 0 fully saturated rings. The quantitative estimate of drug-likeness (QED) is 0.693. The molecule has 2 heterocycles. The summed E-state index contributed by atoms with van der Waals surface area (Å²) in [6, 6.07) is 14.0. The zero-order chi connectivity index (χ0) is 18.7. The van der Waals surface area contributed by atoms with E-state index in [2.05, 4.69) is 10.2 Å². The van der Waals surface area contributed by atoms with Crippen molar-refractivity contribution in [3.8, 4) is 5.75 Å². The lowest BCUT2D eigenvalue weighted by atomic mass is 10.1. The van der Waals surface area contributed by atoms with E-state index in [4.69, 9.17) is 4.74 Å². The molecule has 0 radical (unpaired) electrons. The molecule has 26 heavy (non-hydrogen) atoms. The number of nitrogens with one attached hydrogen (secondary N) is 1. The van der Waals surface area contributed by atoms with Crippen LogP contribution in [0.3, 0.4) is 0 Å². The number of ketones is 1. The minimum Gasteiger partial charge on any atom is -0.491 e. The number of carbonyl (C=O) groups excluding carboxylic acids is 1. The fourth-order valence-corrected chi connectivity index (χ4v) is 2.72. The molecule has 6 heteroatoms. The molecule has 1 aromatic carbocycles. The number of benzene rings is 1. The number of aromatic amines is 1. The first kappa shape index (κ1) is 17.7. The molecule has 0 amide bonds. The van der Waals surface area contributed by atoms with Gasteiger partial charge in [0.2, 0.25) is 5.78 Å². The van der Waals surface area contributed by atoms with Gasteiger partial charge in [-0.05, 0) is 56.3 Å². The maximum atomic E-state index is 12.8. The van der Waals surface area contributed by atoms with Gasteiger partial charge in [0.1, 0.15) is 5.75 Å². The average molecular weight is 351 g/mol. The van der Waals surface area contributed by atoms with Gasteiger partial charge in [0.25, 0.3) is 5.56 Å². The molecule has 0 spiro atoms. The summed E-state index contributed by atoms with van der Waals surface area (Å²) in [6.45, 7) is 3.92. The van der Waals surface area contributed by atoms with Crippen LogP contribution in [0.25, 0.3) is 0 Å². The summed E-state index contributed by atoms with van der Waals surface area (Å²) < 4.78 is 7.46. The van der Waals surface area contributed by atoms with Crippen molar-refractivity contribution in [2.45, 2.75) is 26.4 Å². The first-order chi connectivity index (χ1) is 12.4. The number of rotatable bonds is 6. The van der Waals surface area contributed by atoms with Crippen LogP contribution in [0, 0.1) is 0 Å². The van der Waals surface area contributed by atoms with Crippen LogP contribution in [-0.2, 0) is 13.5 Å². The zero-order valence-electron chi connectivity index (χ0n) is 15.0. The van der Waals surface area contributed by atoms with Gasteiger partial charge in [0.05, 0.1) is 17.5 Å².